The molecule has 9 heteroatoms. The second-order valence-corrected chi connectivity index (χ2v) is 9.59. The molecule has 168 valence electrons. The number of nitrogens with one attached hydrogen (secondary N) is 1. The van der Waals surface area contributed by atoms with Gasteiger partial charge in [-0.2, -0.15) is 30.0 Å². The summed E-state index contributed by atoms with van der Waals surface area (Å²) in [6.07, 6.45) is 0.414. The molecule has 0 atom stereocenters. The minimum absolute atomic E-state index is 0.151. The van der Waals surface area contributed by atoms with Gasteiger partial charge in [0, 0.05) is 36.7 Å². The summed E-state index contributed by atoms with van der Waals surface area (Å²) < 4.78 is 42.6. The Morgan fingerprint density at radius 3 is 2.42 bits per heavy atom. The zero-order valence-corrected chi connectivity index (χ0v) is 18.4. The SMILES string of the molecule is Cc1ccc(-n2ncc(C(=O)NCC3(N4CCSCC4)CCCC3)c2C(F)(F)F)cc1. The Balaban J connectivity index is 1.57. The van der Waals surface area contributed by atoms with Gasteiger partial charge in [0.15, 0.2) is 5.69 Å². The first-order valence-electron chi connectivity index (χ1n) is 10.6. The summed E-state index contributed by atoms with van der Waals surface area (Å²) in [4.78, 5) is 15.3. The van der Waals surface area contributed by atoms with Gasteiger partial charge in [-0.05, 0) is 31.9 Å². The van der Waals surface area contributed by atoms with E-state index in [9.17, 15) is 18.0 Å². The average Bonchev–Trinajstić information content (AvgIpc) is 3.41. The molecule has 1 saturated carbocycles. The summed E-state index contributed by atoms with van der Waals surface area (Å²) in [5, 5.41) is 6.74. The van der Waals surface area contributed by atoms with Crippen molar-refractivity contribution >= 4 is 17.7 Å². The van der Waals surface area contributed by atoms with Gasteiger partial charge in [-0.1, -0.05) is 30.5 Å². The average molecular weight is 453 g/mol. The molecular weight excluding hydrogens is 425 g/mol. The van der Waals surface area contributed by atoms with Crippen LogP contribution in [0.25, 0.3) is 5.69 Å². The number of carbonyl (C=O) groups is 1. The molecule has 2 heterocycles. The number of amides is 1. The van der Waals surface area contributed by atoms with Gasteiger partial charge in [-0.15, -0.1) is 0 Å². The third-order valence-electron chi connectivity index (χ3n) is 6.36. The summed E-state index contributed by atoms with van der Waals surface area (Å²) in [6, 6.07) is 6.58. The molecule has 1 N–H and O–H groups in total. The molecular formula is C22H27F3N4OS. The van der Waals surface area contributed by atoms with E-state index in [-0.39, 0.29) is 11.2 Å². The lowest BCUT2D eigenvalue weighted by Crippen LogP contribution is -2.56. The van der Waals surface area contributed by atoms with Crippen LogP contribution in [0.5, 0.6) is 0 Å². The van der Waals surface area contributed by atoms with Crippen LogP contribution in [0.15, 0.2) is 30.5 Å². The number of rotatable bonds is 5. The van der Waals surface area contributed by atoms with E-state index in [0.29, 0.717) is 6.54 Å². The maximum Gasteiger partial charge on any atom is 0.434 e. The molecule has 1 aromatic heterocycles. The molecule has 31 heavy (non-hydrogen) atoms. The second-order valence-electron chi connectivity index (χ2n) is 8.37. The fourth-order valence-corrected chi connectivity index (χ4v) is 5.59. The highest BCUT2D eigenvalue weighted by Crippen LogP contribution is 2.37. The Bertz CT molecular complexity index is 914. The maximum atomic E-state index is 13.9. The van der Waals surface area contributed by atoms with Crippen molar-refractivity contribution in [2.24, 2.45) is 0 Å². The maximum absolute atomic E-state index is 13.9. The molecule has 0 spiro atoms. The predicted molar refractivity (Wildman–Crippen MR) is 116 cm³/mol. The van der Waals surface area contributed by atoms with Gasteiger partial charge in [-0.25, -0.2) is 4.68 Å². The molecule has 1 aliphatic carbocycles. The third kappa shape index (κ3) is 4.62. The van der Waals surface area contributed by atoms with Crippen LogP contribution in [0, 0.1) is 6.92 Å². The highest BCUT2D eigenvalue weighted by molar-refractivity contribution is 7.99. The second kappa shape index (κ2) is 8.86. The fourth-order valence-electron chi connectivity index (χ4n) is 4.68. The molecule has 2 fully saturated rings. The van der Waals surface area contributed by atoms with Crippen LogP contribution in [0.2, 0.25) is 0 Å². The van der Waals surface area contributed by atoms with Crippen molar-refractivity contribution in [1.29, 1.82) is 0 Å². The first-order valence-corrected chi connectivity index (χ1v) is 11.8. The first-order chi connectivity index (χ1) is 14.8. The number of thioether (sulfide) groups is 1. The smallest absolute Gasteiger partial charge is 0.350 e. The number of benzene rings is 1. The number of nitrogens with zero attached hydrogens (tertiary/aromatic N) is 3. The Kier molecular flexibility index (Phi) is 6.35. The molecule has 0 unspecified atom stereocenters. The van der Waals surface area contributed by atoms with Crippen LogP contribution in [-0.2, 0) is 6.18 Å². The zero-order valence-electron chi connectivity index (χ0n) is 17.5. The van der Waals surface area contributed by atoms with Crippen LogP contribution < -0.4 is 5.32 Å². The molecule has 1 aliphatic heterocycles. The van der Waals surface area contributed by atoms with E-state index < -0.39 is 23.3 Å². The van der Waals surface area contributed by atoms with Crippen molar-refractivity contribution < 1.29 is 18.0 Å². The van der Waals surface area contributed by atoms with Crippen LogP contribution in [0.4, 0.5) is 13.2 Å². The summed E-state index contributed by atoms with van der Waals surface area (Å²) >= 11 is 1.92. The van der Waals surface area contributed by atoms with E-state index in [1.807, 2.05) is 18.7 Å². The van der Waals surface area contributed by atoms with E-state index in [1.165, 1.54) is 0 Å². The Morgan fingerprint density at radius 1 is 1.16 bits per heavy atom. The highest BCUT2D eigenvalue weighted by Gasteiger charge is 2.43. The quantitative estimate of drug-likeness (QED) is 0.735. The molecule has 1 saturated heterocycles. The van der Waals surface area contributed by atoms with Crippen LogP contribution >= 0.6 is 11.8 Å². The monoisotopic (exact) mass is 452 g/mol. The van der Waals surface area contributed by atoms with Crippen molar-refractivity contribution in [3.05, 3.63) is 47.3 Å². The molecule has 0 radical (unpaired) electrons. The van der Waals surface area contributed by atoms with Gasteiger partial charge in [0.2, 0.25) is 0 Å². The zero-order chi connectivity index (χ0) is 22.1. The van der Waals surface area contributed by atoms with Crippen molar-refractivity contribution in [2.45, 2.75) is 44.3 Å². The van der Waals surface area contributed by atoms with Crippen molar-refractivity contribution in [1.82, 2.24) is 20.0 Å². The number of carbonyl (C=O) groups excluding carboxylic acids is 1. The van der Waals surface area contributed by atoms with Gasteiger partial charge in [-0.3, -0.25) is 9.69 Å². The van der Waals surface area contributed by atoms with Gasteiger partial charge < -0.3 is 5.32 Å². The lowest BCUT2D eigenvalue weighted by Gasteiger charge is -2.43. The van der Waals surface area contributed by atoms with Gasteiger partial charge >= 0.3 is 6.18 Å². The standard InChI is InChI=1S/C22H27F3N4OS/c1-16-4-6-17(7-5-16)29-19(22(23,24)25)18(14-27-29)20(30)26-15-21(8-2-3-9-21)28-10-12-31-13-11-28/h4-7,14H,2-3,8-13,15H2,1H3,(H,26,30). The van der Waals surface area contributed by atoms with E-state index in [2.05, 4.69) is 15.3 Å². The van der Waals surface area contributed by atoms with Crippen molar-refractivity contribution in [3.63, 3.8) is 0 Å². The predicted octanol–water partition coefficient (Wildman–Crippen LogP) is 4.29. The normalized spacial score (nSPS) is 19.5. The lowest BCUT2D eigenvalue weighted by molar-refractivity contribution is -0.143. The number of aromatic nitrogens is 2. The number of alkyl halides is 3. The van der Waals surface area contributed by atoms with E-state index in [1.54, 1.807) is 24.3 Å². The van der Waals surface area contributed by atoms with Crippen molar-refractivity contribution in [3.8, 4) is 5.69 Å². The molecule has 4 rings (SSSR count). The summed E-state index contributed by atoms with van der Waals surface area (Å²) in [6.45, 7) is 4.14. The van der Waals surface area contributed by atoms with Crippen LogP contribution in [-0.4, -0.2) is 57.3 Å². The first kappa shape index (κ1) is 22.2. The van der Waals surface area contributed by atoms with Gasteiger partial charge in [0.05, 0.1) is 17.4 Å². The van der Waals surface area contributed by atoms with E-state index in [0.717, 1.165) is 66.7 Å². The molecule has 1 aromatic carbocycles. The molecule has 0 bridgehead atoms. The minimum atomic E-state index is -4.71. The summed E-state index contributed by atoms with van der Waals surface area (Å²) in [7, 11) is 0. The number of hydrogen-bond donors (Lipinski definition) is 1. The van der Waals surface area contributed by atoms with E-state index >= 15 is 0 Å². The Morgan fingerprint density at radius 2 is 1.81 bits per heavy atom. The van der Waals surface area contributed by atoms with Gasteiger partial charge in [0.25, 0.3) is 5.91 Å². The topological polar surface area (TPSA) is 50.2 Å². The lowest BCUT2D eigenvalue weighted by atomic mass is 9.94. The van der Waals surface area contributed by atoms with Crippen molar-refractivity contribution in [2.75, 3.05) is 31.1 Å². The fraction of sp³-hybridized carbons (Fsp3) is 0.545. The minimum Gasteiger partial charge on any atom is -0.350 e. The summed E-state index contributed by atoms with van der Waals surface area (Å²) in [5.74, 6) is 1.39. The molecule has 2 aromatic rings. The molecule has 2 aliphatic rings. The largest absolute Gasteiger partial charge is 0.434 e. The molecule has 5 nitrogen and oxygen atoms in total. The number of aryl methyl sites for hydroxylation is 1. The van der Waals surface area contributed by atoms with Gasteiger partial charge in [0.1, 0.15) is 0 Å². The summed E-state index contributed by atoms with van der Waals surface area (Å²) in [5.41, 5.74) is -0.420. The van der Waals surface area contributed by atoms with Crippen LogP contribution in [0.3, 0.4) is 0 Å². The van der Waals surface area contributed by atoms with Crippen LogP contribution in [0.1, 0.15) is 47.3 Å². The Hall–Kier alpha value is -2.00. The number of hydrogen-bond acceptors (Lipinski definition) is 4. The van der Waals surface area contributed by atoms with E-state index in [4.69, 9.17) is 0 Å². The molecule has 1 amide bonds. The third-order valence-corrected chi connectivity index (χ3v) is 7.30. The number of halogens is 3. The highest BCUT2D eigenvalue weighted by atomic mass is 32.2. The Labute approximate surface area is 184 Å².